The van der Waals surface area contributed by atoms with E-state index < -0.39 is 23.9 Å². The van der Waals surface area contributed by atoms with E-state index in [9.17, 15) is 4.79 Å². The first-order valence-corrected chi connectivity index (χ1v) is 13.1. The number of carbonyl (C=O) groups is 5. The summed E-state index contributed by atoms with van der Waals surface area (Å²) in [4.78, 5) is 60.0. The second-order valence-electron chi connectivity index (χ2n) is 8.88. The minimum absolute atomic E-state index is 0.0927. The number of imidazole rings is 1. The van der Waals surface area contributed by atoms with Crippen LogP contribution >= 0.6 is 0 Å². The molecule has 0 bridgehead atoms. The molecule has 1 aliphatic rings. The fourth-order valence-electron chi connectivity index (χ4n) is 3.89. The predicted molar refractivity (Wildman–Crippen MR) is 149 cm³/mol. The van der Waals surface area contributed by atoms with Crippen molar-refractivity contribution in [2.45, 2.75) is 32.4 Å². The van der Waals surface area contributed by atoms with E-state index in [1.165, 1.54) is 12.5 Å². The van der Waals surface area contributed by atoms with Gasteiger partial charge in [0.25, 0.3) is 5.91 Å². The number of carboxylic acid groups (broad SMARTS) is 4. The number of likely N-dealkylation sites (tertiary alicyclic amines) is 1. The second-order valence-corrected chi connectivity index (χ2v) is 8.88. The monoisotopic (exact) mass is 606 g/mol. The number of amides is 1. The molecular weight excluding hydrogens is 572 g/mol. The Kier molecular flexibility index (Phi) is 14.1. The van der Waals surface area contributed by atoms with Crippen LogP contribution in [0.5, 0.6) is 0 Å². The van der Waals surface area contributed by atoms with Crippen LogP contribution in [0.1, 0.15) is 30.1 Å². The molecule has 0 aliphatic carbocycles. The summed E-state index contributed by atoms with van der Waals surface area (Å²) >= 11 is 0. The molecule has 0 radical (unpaired) electrons. The Morgan fingerprint density at radius 2 is 1.65 bits per heavy atom. The number of carboxylic acids is 4. The average molecular weight is 607 g/mol. The van der Waals surface area contributed by atoms with Crippen molar-refractivity contribution in [1.29, 1.82) is 0 Å². The first-order chi connectivity index (χ1) is 20.5. The van der Waals surface area contributed by atoms with Gasteiger partial charge in [-0.3, -0.25) is 9.36 Å². The smallest absolute Gasteiger partial charge is 0.414 e. The van der Waals surface area contributed by atoms with Crippen molar-refractivity contribution in [3.63, 3.8) is 0 Å². The van der Waals surface area contributed by atoms with E-state index in [4.69, 9.17) is 53.7 Å². The van der Waals surface area contributed by atoms with Crippen molar-refractivity contribution in [1.82, 2.24) is 24.8 Å². The van der Waals surface area contributed by atoms with E-state index >= 15 is 0 Å². The van der Waals surface area contributed by atoms with Crippen LogP contribution in [0.25, 0.3) is 11.2 Å². The van der Waals surface area contributed by atoms with E-state index in [2.05, 4.69) is 25.1 Å². The topological polar surface area (TPSA) is 247 Å². The molecule has 0 saturated carbocycles. The Labute approximate surface area is 245 Å². The number of pyridine rings is 1. The Balaban J connectivity index is 0.000000455. The molecule has 234 valence electrons. The maximum atomic E-state index is 12.0. The zero-order valence-corrected chi connectivity index (χ0v) is 23.3. The summed E-state index contributed by atoms with van der Waals surface area (Å²) in [6.07, 6.45) is 6.82. The van der Waals surface area contributed by atoms with Gasteiger partial charge in [0.2, 0.25) is 5.95 Å². The first-order valence-electron chi connectivity index (χ1n) is 13.1. The number of fused-ring (bicyclic) bond motifs is 1. The molecular formula is C26H34N6O11. The van der Waals surface area contributed by atoms with Gasteiger partial charge in [-0.2, -0.15) is 0 Å². The number of ether oxygens (including phenoxy) is 1. The quantitative estimate of drug-likeness (QED) is 0.137. The molecule has 4 heterocycles. The molecule has 43 heavy (non-hydrogen) atoms. The van der Waals surface area contributed by atoms with Crippen LogP contribution < -0.4 is 10.6 Å². The Morgan fingerprint density at radius 1 is 1.00 bits per heavy atom. The standard InChI is InChI=1S/C22H30N6O3.2C2H2O4/c1-2-30-15-13-28-20-19(4-3-8-23-20)26-22(28)25-18-5-10-27(11-6-18)12-9-24-21(29)17-7-14-31-16-17;2*3-1(4)2(5)6/h3-4,7-8,14,16,18H,2,5-6,9-13,15H2,1H3,(H,24,29)(H,25,26);2*(H,3,4)(H,5,6). The SMILES string of the molecule is CCOCCn1c(NC2CCN(CCNC(=O)c3ccoc3)CC2)nc2cccnc21.O=C(O)C(=O)O.O=C(O)C(=O)O. The van der Waals surface area contributed by atoms with Gasteiger partial charge < -0.3 is 45.1 Å². The van der Waals surface area contributed by atoms with Gasteiger partial charge in [0, 0.05) is 45.0 Å². The molecule has 0 aromatic carbocycles. The highest BCUT2D eigenvalue weighted by atomic mass is 16.5. The molecule has 0 atom stereocenters. The summed E-state index contributed by atoms with van der Waals surface area (Å²) in [6.45, 7) is 7.49. The lowest BCUT2D eigenvalue weighted by atomic mass is 10.1. The maximum Gasteiger partial charge on any atom is 0.414 e. The fourth-order valence-corrected chi connectivity index (χ4v) is 3.89. The number of rotatable bonds is 10. The predicted octanol–water partition coefficient (Wildman–Crippen LogP) is 0.678. The number of aliphatic carboxylic acids is 4. The molecule has 1 amide bonds. The summed E-state index contributed by atoms with van der Waals surface area (Å²) in [5.41, 5.74) is 2.34. The number of aromatic nitrogens is 3. The molecule has 17 heteroatoms. The van der Waals surface area contributed by atoms with Crippen molar-refractivity contribution in [2.24, 2.45) is 0 Å². The van der Waals surface area contributed by atoms with Crippen LogP contribution in [0.3, 0.4) is 0 Å². The largest absolute Gasteiger partial charge is 0.473 e. The zero-order valence-electron chi connectivity index (χ0n) is 23.3. The summed E-state index contributed by atoms with van der Waals surface area (Å²) in [6, 6.07) is 5.93. The number of piperidine rings is 1. The first kappa shape index (κ1) is 34.2. The lowest BCUT2D eigenvalue weighted by molar-refractivity contribution is -0.159. The summed E-state index contributed by atoms with van der Waals surface area (Å²) in [7, 11) is 0. The molecule has 4 rings (SSSR count). The molecule has 0 spiro atoms. The Hall–Kier alpha value is -5.03. The molecule has 0 unspecified atom stereocenters. The fraction of sp³-hybridized carbons (Fsp3) is 0.423. The van der Waals surface area contributed by atoms with Crippen LogP contribution in [-0.4, -0.2) is 115 Å². The van der Waals surface area contributed by atoms with Gasteiger partial charge >= 0.3 is 23.9 Å². The highest BCUT2D eigenvalue weighted by Crippen LogP contribution is 2.21. The number of nitrogens with one attached hydrogen (secondary N) is 2. The molecule has 1 aliphatic heterocycles. The van der Waals surface area contributed by atoms with Gasteiger partial charge in [0.1, 0.15) is 11.8 Å². The number of carbonyl (C=O) groups excluding carboxylic acids is 1. The number of anilines is 1. The Morgan fingerprint density at radius 3 is 2.21 bits per heavy atom. The molecule has 1 fully saturated rings. The Bertz CT molecular complexity index is 1300. The van der Waals surface area contributed by atoms with Crippen molar-refractivity contribution < 1.29 is 53.6 Å². The lowest BCUT2D eigenvalue weighted by Gasteiger charge is -2.32. The van der Waals surface area contributed by atoms with E-state index in [1.54, 1.807) is 12.3 Å². The van der Waals surface area contributed by atoms with Crippen molar-refractivity contribution in [2.75, 3.05) is 44.7 Å². The minimum Gasteiger partial charge on any atom is -0.473 e. The van der Waals surface area contributed by atoms with E-state index in [0.29, 0.717) is 31.4 Å². The van der Waals surface area contributed by atoms with Gasteiger partial charge in [0.15, 0.2) is 5.65 Å². The summed E-state index contributed by atoms with van der Waals surface area (Å²) in [5, 5.41) is 36.1. The molecule has 3 aromatic heterocycles. The molecule has 3 aromatic rings. The minimum atomic E-state index is -1.82. The van der Waals surface area contributed by atoms with Crippen LogP contribution in [0, 0.1) is 0 Å². The van der Waals surface area contributed by atoms with Crippen molar-refractivity contribution in [3.8, 4) is 0 Å². The third kappa shape index (κ3) is 11.8. The van der Waals surface area contributed by atoms with E-state index in [0.717, 1.165) is 56.1 Å². The van der Waals surface area contributed by atoms with Gasteiger partial charge in [-0.15, -0.1) is 0 Å². The van der Waals surface area contributed by atoms with Crippen LogP contribution in [0.15, 0.2) is 41.3 Å². The number of hydrogen-bond acceptors (Lipinski definition) is 11. The molecule has 1 saturated heterocycles. The normalized spacial score (nSPS) is 13.1. The number of furan rings is 1. The van der Waals surface area contributed by atoms with Gasteiger partial charge in [-0.05, 0) is 38.0 Å². The second kappa shape index (κ2) is 17.7. The van der Waals surface area contributed by atoms with Gasteiger partial charge in [-0.25, -0.2) is 29.1 Å². The lowest BCUT2D eigenvalue weighted by Crippen LogP contribution is -2.43. The molecule has 6 N–H and O–H groups in total. The third-order valence-corrected chi connectivity index (χ3v) is 5.95. The van der Waals surface area contributed by atoms with Gasteiger partial charge in [-0.1, -0.05) is 0 Å². The third-order valence-electron chi connectivity index (χ3n) is 5.95. The number of hydrogen-bond donors (Lipinski definition) is 6. The van der Waals surface area contributed by atoms with E-state index in [-0.39, 0.29) is 5.91 Å². The van der Waals surface area contributed by atoms with Crippen molar-refractivity contribution in [3.05, 3.63) is 42.5 Å². The summed E-state index contributed by atoms with van der Waals surface area (Å²) < 4.78 is 12.6. The van der Waals surface area contributed by atoms with Crippen molar-refractivity contribution >= 4 is 46.9 Å². The highest BCUT2D eigenvalue weighted by Gasteiger charge is 2.21. The summed E-state index contributed by atoms with van der Waals surface area (Å²) in [5.74, 6) is -6.53. The van der Waals surface area contributed by atoms with Crippen LogP contribution in [-0.2, 0) is 30.5 Å². The zero-order chi connectivity index (χ0) is 31.8. The average Bonchev–Trinajstić information content (AvgIpc) is 3.63. The van der Waals surface area contributed by atoms with Crippen LogP contribution in [0.4, 0.5) is 5.95 Å². The maximum absolute atomic E-state index is 12.0. The highest BCUT2D eigenvalue weighted by molar-refractivity contribution is 6.27. The van der Waals surface area contributed by atoms with Crippen LogP contribution in [0.2, 0.25) is 0 Å². The molecule has 17 nitrogen and oxygen atoms in total. The van der Waals surface area contributed by atoms with E-state index in [1.807, 2.05) is 19.1 Å². The van der Waals surface area contributed by atoms with Gasteiger partial charge in [0.05, 0.1) is 25.0 Å². The number of nitrogens with zero attached hydrogens (tertiary/aromatic N) is 4.